The summed E-state index contributed by atoms with van der Waals surface area (Å²) in [6, 6.07) is 10.1. The van der Waals surface area contributed by atoms with E-state index in [1.807, 2.05) is 26.0 Å². The Hall–Kier alpha value is -3.28. The fraction of sp³-hybridized carbons (Fsp3) is 0.158. The van der Waals surface area contributed by atoms with Gasteiger partial charge in [0.25, 0.3) is 11.8 Å². The highest BCUT2D eigenvalue weighted by Gasteiger charge is 2.34. The summed E-state index contributed by atoms with van der Waals surface area (Å²) in [5.41, 5.74) is 5.91. The quantitative estimate of drug-likeness (QED) is 0.666. The van der Waals surface area contributed by atoms with Crippen LogP contribution in [0.15, 0.2) is 42.0 Å². The van der Waals surface area contributed by atoms with Gasteiger partial charge in [-0.05, 0) is 60.9 Å². The highest BCUT2D eigenvalue weighted by Crippen LogP contribution is 2.28. The van der Waals surface area contributed by atoms with Crippen LogP contribution >= 0.6 is 0 Å². The molecule has 0 aromatic heterocycles. The van der Waals surface area contributed by atoms with Gasteiger partial charge in [-0.25, -0.2) is 5.01 Å². The van der Waals surface area contributed by atoms with E-state index in [2.05, 4.69) is 5.43 Å². The number of methoxy groups -OCH3 is 1. The molecule has 1 fully saturated rings. The Labute approximate surface area is 145 Å². The van der Waals surface area contributed by atoms with Crippen molar-refractivity contribution in [2.24, 2.45) is 0 Å². The fourth-order valence-electron chi connectivity index (χ4n) is 2.55. The molecule has 2 aromatic carbocycles. The maximum atomic E-state index is 12.6. The van der Waals surface area contributed by atoms with E-state index in [1.54, 1.807) is 18.2 Å². The maximum Gasteiger partial charge on any atom is 0.282 e. The summed E-state index contributed by atoms with van der Waals surface area (Å²) in [6.07, 6.45) is 1.47. The van der Waals surface area contributed by atoms with E-state index >= 15 is 0 Å². The highest BCUT2D eigenvalue weighted by molar-refractivity contribution is 6.31. The smallest absolute Gasteiger partial charge is 0.282 e. The molecule has 128 valence electrons. The molecule has 0 radical (unpaired) electrons. The summed E-state index contributed by atoms with van der Waals surface area (Å²) in [7, 11) is 1.43. The number of hydrogen-bond acceptors (Lipinski definition) is 4. The highest BCUT2D eigenvalue weighted by atomic mass is 16.5. The van der Waals surface area contributed by atoms with Crippen LogP contribution < -0.4 is 15.2 Å². The Kier molecular flexibility index (Phi) is 4.19. The standard InChI is InChI=1S/C19H18N2O4/c1-11-4-6-14(8-12(11)2)21-19(24)15(18(23)20-21)9-13-5-7-16(22)17(10-13)25-3/h4-10,22H,1-3H3,(H,20,23). The molecule has 0 atom stereocenters. The molecular formula is C19H18N2O4. The molecular weight excluding hydrogens is 320 g/mol. The van der Waals surface area contributed by atoms with Crippen molar-refractivity contribution in [2.45, 2.75) is 13.8 Å². The van der Waals surface area contributed by atoms with E-state index in [1.165, 1.54) is 24.3 Å². The van der Waals surface area contributed by atoms with Gasteiger partial charge < -0.3 is 9.84 Å². The minimum absolute atomic E-state index is 0.0105. The van der Waals surface area contributed by atoms with Crippen molar-refractivity contribution >= 4 is 23.6 Å². The van der Waals surface area contributed by atoms with Gasteiger partial charge in [-0.3, -0.25) is 15.0 Å². The number of phenolic OH excluding ortho intramolecular Hbond substituents is 1. The van der Waals surface area contributed by atoms with Crippen LogP contribution in [0.1, 0.15) is 16.7 Å². The zero-order chi connectivity index (χ0) is 18.1. The van der Waals surface area contributed by atoms with E-state index in [9.17, 15) is 14.7 Å². The lowest BCUT2D eigenvalue weighted by molar-refractivity contribution is -0.117. The number of phenols is 1. The van der Waals surface area contributed by atoms with Gasteiger partial charge in [-0.15, -0.1) is 0 Å². The van der Waals surface area contributed by atoms with E-state index in [0.29, 0.717) is 11.3 Å². The van der Waals surface area contributed by atoms with Gasteiger partial charge in [0.1, 0.15) is 5.57 Å². The second-order valence-corrected chi connectivity index (χ2v) is 5.84. The second kappa shape index (κ2) is 6.32. The van der Waals surface area contributed by atoms with Gasteiger partial charge in [0.15, 0.2) is 11.5 Å². The van der Waals surface area contributed by atoms with E-state index in [4.69, 9.17) is 4.74 Å². The zero-order valence-corrected chi connectivity index (χ0v) is 14.2. The normalized spacial score (nSPS) is 15.6. The van der Waals surface area contributed by atoms with Gasteiger partial charge in [0, 0.05) is 0 Å². The van der Waals surface area contributed by atoms with Crippen molar-refractivity contribution in [1.29, 1.82) is 0 Å². The average Bonchev–Trinajstić information content (AvgIpc) is 2.87. The van der Waals surface area contributed by atoms with Crippen molar-refractivity contribution in [3.05, 3.63) is 58.7 Å². The molecule has 1 aliphatic heterocycles. The summed E-state index contributed by atoms with van der Waals surface area (Å²) >= 11 is 0. The Morgan fingerprint density at radius 3 is 2.52 bits per heavy atom. The fourth-order valence-corrected chi connectivity index (χ4v) is 2.55. The van der Waals surface area contributed by atoms with Crippen molar-refractivity contribution in [1.82, 2.24) is 5.43 Å². The first-order valence-electron chi connectivity index (χ1n) is 7.72. The number of hydrogen-bond donors (Lipinski definition) is 2. The van der Waals surface area contributed by atoms with Gasteiger partial charge in [-0.1, -0.05) is 12.1 Å². The molecule has 1 heterocycles. The van der Waals surface area contributed by atoms with E-state index in [-0.39, 0.29) is 17.1 Å². The summed E-state index contributed by atoms with van der Waals surface area (Å²) in [5, 5.41) is 10.9. The number of carbonyl (C=O) groups excluding carboxylic acids is 2. The van der Waals surface area contributed by atoms with Gasteiger partial charge in [0.05, 0.1) is 12.8 Å². The third-order valence-electron chi connectivity index (χ3n) is 4.15. The van der Waals surface area contributed by atoms with Crippen LogP contribution in [-0.2, 0) is 9.59 Å². The van der Waals surface area contributed by atoms with Crippen LogP contribution in [-0.4, -0.2) is 24.0 Å². The molecule has 0 bridgehead atoms. The summed E-state index contributed by atoms with van der Waals surface area (Å²) < 4.78 is 5.04. The Morgan fingerprint density at radius 1 is 1.08 bits per heavy atom. The first-order valence-corrected chi connectivity index (χ1v) is 7.72. The van der Waals surface area contributed by atoms with Crippen LogP contribution in [0.3, 0.4) is 0 Å². The summed E-state index contributed by atoms with van der Waals surface area (Å²) in [5.74, 6) is -0.648. The molecule has 0 spiro atoms. The lowest BCUT2D eigenvalue weighted by atomic mass is 10.1. The zero-order valence-electron chi connectivity index (χ0n) is 14.2. The van der Waals surface area contributed by atoms with Crippen LogP contribution in [0.5, 0.6) is 11.5 Å². The predicted molar refractivity (Wildman–Crippen MR) is 94.2 cm³/mol. The van der Waals surface area contributed by atoms with Gasteiger partial charge in [0.2, 0.25) is 0 Å². The number of hydrazine groups is 1. The van der Waals surface area contributed by atoms with Crippen molar-refractivity contribution in [3.8, 4) is 11.5 Å². The number of ether oxygens (including phenoxy) is 1. The van der Waals surface area contributed by atoms with Gasteiger partial charge >= 0.3 is 0 Å². The number of nitrogens with one attached hydrogen (secondary N) is 1. The second-order valence-electron chi connectivity index (χ2n) is 5.84. The number of rotatable bonds is 3. The molecule has 2 aromatic rings. The van der Waals surface area contributed by atoms with Crippen molar-refractivity contribution in [3.63, 3.8) is 0 Å². The van der Waals surface area contributed by atoms with Crippen molar-refractivity contribution in [2.75, 3.05) is 12.1 Å². The molecule has 0 unspecified atom stereocenters. The molecule has 0 aliphatic carbocycles. The Balaban J connectivity index is 1.94. The third kappa shape index (κ3) is 3.06. The topological polar surface area (TPSA) is 78.9 Å². The number of aromatic hydroxyl groups is 1. The molecule has 6 nitrogen and oxygen atoms in total. The van der Waals surface area contributed by atoms with E-state index < -0.39 is 11.8 Å². The average molecular weight is 338 g/mol. The molecule has 6 heteroatoms. The number of amides is 2. The molecule has 1 aliphatic rings. The largest absolute Gasteiger partial charge is 0.504 e. The SMILES string of the molecule is COc1cc(C=C2C(=O)NN(c3ccc(C)c(C)c3)C2=O)ccc1O. The van der Waals surface area contributed by atoms with Crippen molar-refractivity contribution < 1.29 is 19.4 Å². The number of anilines is 1. The molecule has 3 rings (SSSR count). The monoisotopic (exact) mass is 338 g/mol. The lowest BCUT2D eigenvalue weighted by Crippen LogP contribution is -2.35. The predicted octanol–water partition coefficient (Wildman–Crippen LogP) is 2.48. The van der Waals surface area contributed by atoms with Crippen LogP contribution in [0.4, 0.5) is 5.69 Å². The van der Waals surface area contributed by atoms with E-state index in [0.717, 1.165) is 11.1 Å². The minimum atomic E-state index is -0.477. The number of nitrogens with zero attached hydrogens (tertiary/aromatic N) is 1. The molecule has 0 saturated carbocycles. The molecule has 25 heavy (non-hydrogen) atoms. The maximum absolute atomic E-state index is 12.6. The molecule has 2 N–H and O–H groups in total. The molecule has 2 amide bonds. The summed E-state index contributed by atoms with van der Waals surface area (Å²) in [4.78, 5) is 24.9. The third-order valence-corrected chi connectivity index (χ3v) is 4.15. The number of aryl methyl sites for hydroxylation is 2. The number of carbonyl (C=O) groups is 2. The van der Waals surface area contributed by atoms with Crippen LogP contribution in [0.2, 0.25) is 0 Å². The van der Waals surface area contributed by atoms with Crippen LogP contribution in [0, 0.1) is 13.8 Å². The molecule has 1 saturated heterocycles. The first kappa shape index (κ1) is 16.6. The summed E-state index contributed by atoms with van der Waals surface area (Å²) in [6.45, 7) is 3.92. The Bertz CT molecular complexity index is 902. The van der Waals surface area contributed by atoms with Gasteiger partial charge in [-0.2, -0.15) is 0 Å². The number of benzene rings is 2. The minimum Gasteiger partial charge on any atom is -0.504 e. The van der Waals surface area contributed by atoms with Crippen LogP contribution in [0.25, 0.3) is 6.08 Å². The lowest BCUT2D eigenvalue weighted by Gasteiger charge is -2.15. The Morgan fingerprint density at radius 2 is 1.84 bits per heavy atom. The first-order chi connectivity index (χ1) is 11.9.